The van der Waals surface area contributed by atoms with Crippen LogP contribution in [-0.2, 0) is 6.54 Å². The van der Waals surface area contributed by atoms with Crippen molar-refractivity contribution in [2.75, 3.05) is 5.32 Å². The first-order valence-electron chi connectivity index (χ1n) is 6.35. The summed E-state index contributed by atoms with van der Waals surface area (Å²) in [7, 11) is 0. The first-order valence-corrected chi connectivity index (χ1v) is 6.73. The molecule has 0 bridgehead atoms. The molecule has 0 saturated heterocycles. The molecule has 0 aliphatic rings. The lowest BCUT2D eigenvalue weighted by Gasteiger charge is -2.09. The molecule has 0 atom stereocenters. The van der Waals surface area contributed by atoms with Gasteiger partial charge in [-0.05, 0) is 24.3 Å². The second-order valence-corrected chi connectivity index (χ2v) is 4.84. The van der Waals surface area contributed by atoms with E-state index >= 15 is 0 Å². The summed E-state index contributed by atoms with van der Waals surface area (Å²) < 4.78 is 15.5. The predicted molar refractivity (Wildman–Crippen MR) is 80.1 cm³/mol. The van der Waals surface area contributed by atoms with E-state index in [0.29, 0.717) is 17.1 Å². The van der Waals surface area contributed by atoms with Gasteiger partial charge in [0.2, 0.25) is 0 Å². The molecule has 1 N–H and O–H groups in total. The molecule has 2 heterocycles. The third kappa shape index (κ3) is 3.03. The van der Waals surface area contributed by atoms with Gasteiger partial charge in [0, 0.05) is 29.5 Å². The Balaban J connectivity index is 1.71. The van der Waals surface area contributed by atoms with E-state index in [9.17, 15) is 4.39 Å². The average Bonchev–Trinajstić information content (AvgIpc) is 3.02. The molecule has 0 unspecified atom stereocenters. The number of aromatic nitrogens is 3. The van der Waals surface area contributed by atoms with Gasteiger partial charge in [-0.2, -0.15) is 0 Å². The van der Waals surface area contributed by atoms with Crippen molar-refractivity contribution >= 4 is 17.3 Å². The Morgan fingerprint density at radius 1 is 1.24 bits per heavy atom. The molecule has 21 heavy (non-hydrogen) atoms. The molecule has 0 aliphatic heterocycles. The first kappa shape index (κ1) is 13.6. The smallest absolute Gasteiger partial charge is 0.137 e. The number of pyridine rings is 1. The maximum absolute atomic E-state index is 13.7. The van der Waals surface area contributed by atoms with E-state index in [2.05, 4.69) is 15.3 Å². The minimum atomic E-state index is -0.321. The summed E-state index contributed by atoms with van der Waals surface area (Å²) in [4.78, 5) is 8.28. The zero-order chi connectivity index (χ0) is 14.7. The highest BCUT2D eigenvalue weighted by atomic mass is 35.5. The van der Waals surface area contributed by atoms with Crippen LogP contribution >= 0.6 is 11.6 Å². The van der Waals surface area contributed by atoms with Crippen LogP contribution in [0.4, 0.5) is 10.1 Å². The lowest BCUT2D eigenvalue weighted by Crippen LogP contribution is -2.03. The lowest BCUT2D eigenvalue weighted by molar-refractivity contribution is 0.613. The molecule has 2 aromatic heterocycles. The third-order valence-corrected chi connectivity index (χ3v) is 3.40. The number of imidazole rings is 1. The highest BCUT2D eigenvalue weighted by Gasteiger charge is 2.06. The number of benzene rings is 1. The fourth-order valence-electron chi connectivity index (χ4n) is 1.93. The molecule has 3 aromatic rings. The van der Waals surface area contributed by atoms with Crippen LogP contribution in [0.25, 0.3) is 5.82 Å². The highest BCUT2D eigenvalue weighted by molar-refractivity contribution is 6.31. The van der Waals surface area contributed by atoms with Crippen molar-refractivity contribution in [3.8, 4) is 5.82 Å². The van der Waals surface area contributed by atoms with Gasteiger partial charge < -0.3 is 5.32 Å². The number of rotatable bonds is 4. The van der Waals surface area contributed by atoms with Crippen LogP contribution in [0.15, 0.2) is 55.2 Å². The van der Waals surface area contributed by atoms with E-state index in [1.807, 2.05) is 18.3 Å². The number of hydrogen-bond donors (Lipinski definition) is 1. The summed E-state index contributed by atoms with van der Waals surface area (Å²) in [5, 5.41) is 3.51. The molecule has 0 radical (unpaired) electrons. The summed E-state index contributed by atoms with van der Waals surface area (Å²) in [6.45, 7) is 0.303. The van der Waals surface area contributed by atoms with E-state index in [-0.39, 0.29) is 5.82 Å². The topological polar surface area (TPSA) is 42.7 Å². The van der Waals surface area contributed by atoms with Gasteiger partial charge in [0.15, 0.2) is 0 Å². The Hall–Kier alpha value is -2.40. The van der Waals surface area contributed by atoms with Gasteiger partial charge >= 0.3 is 0 Å². The van der Waals surface area contributed by atoms with Crippen LogP contribution in [-0.4, -0.2) is 14.5 Å². The van der Waals surface area contributed by atoms with E-state index in [1.165, 1.54) is 6.07 Å². The molecule has 3 rings (SSSR count). The Morgan fingerprint density at radius 2 is 2.14 bits per heavy atom. The maximum atomic E-state index is 13.7. The Labute approximate surface area is 126 Å². The minimum absolute atomic E-state index is 0.303. The number of anilines is 1. The van der Waals surface area contributed by atoms with E-state index < -0.39 is 0 Å². The minimum Gasteiger partial charge on any atom is -0.380 e. The zero-order valence-electron chi connectivity index (χ0n) is 11.0. The zero-order valence-corrected chi connectivity index (χ0v) is 11.8. The largest absolute Gasteiger partial charge is 0.380 e. The van der Waals surface area contributed by atoms with Crippen molar-refractivity contribution in [1.29, 1.82) is 0 Å². The SMILES string of the molecule is Fc1cccc(Cl)c1CNc1ccc(-n2ccnc2)nc1. The second-order valence-electron chi connectivity index (χ2n) is 4.43. The van der Waals surface area contributed by atoms with Crippen LogP contribution in [0.5, 0.6) is 0 Å². The Morgan fingerprint density at radius 3 is 2.81 bits per heavy atom. The maximum Gasteiger partial charge on any atom is 0.137 e. The molecular weight excluding hydrogens is 291 g/mol. The molecular formula is C15H12ClFN4. The molecule has 0 saturated carbocycles. The monoisotopic (exact) mass is 302 g/mol. The number of hydrogen-bond acceptors (Lipinski definition) is 3. The lowest BCUT2D eigenvalue weighted by atomic mass is 10.2. The third-order valence-electron chi connectivity index (χ3n) is 3.05. The van der Waals surface area contributed by atoms with Crippen molar-refractivity contribution in [2.24, 2.45) is 0 Å². The van der Waals surface area contributed by atoms with E-state index in [0.717, 1.165) is 11.5 Å². The van der Waals surface area contributed by atoms with Crippen LogP contribution in [0.3, 0.4) is 0 Å². The number of nitrogens with one attached hydrogen (secondary N) is 1. The highest BCUT2D eigenvalue weighted by Crippen LogP contribution is 2.20. The van der Waals surface area contributed by atoms with Crippen LogP contribution in [0.1, 0.15) is 5.56 Å². The molecule has 4 nitrogen and oxygen atoms in total. The Bertz CT molecular complexity index is 706. The normalized spacial score (nSPS) is 10.6. The van der Waals surface area contributed by atoms with Gasteiger partial charge in [0.05, 0.1) is 11.9 Å². The number of nitrogens with zero attached hydrogens (tertiary/aromatic N) is 3. The molecule has 106 valence electrons. The summed E-state index contributed by atoms with van der Waals surface area (Å²) >= 11 is 5.98. The van der Waals surface area contributed by atoms with E-state index in [4.69, 9.17) is 11.6 Å². The quantitative estimate of drug-likeness (QED) is 0.799. The van der Waals surface area contributed by atoms with Gasteiger partial charge in [-0.3, -0.25) is 4.57 Å². The van der Waals surface area contributed by atoms with Crippen LogP contribution in [0, 0.1) is 5.82 Å². The molecule has 6 heteroatoms. The fraction of sp³-hybridized carbons (Fsp3) is 0.0667. The van der Waals surface area contributed by atoms with Crippen molar-refractivity contribution in [3.63, 3.8) is 0 Å². The standard InChI is InChI=1S/C15H12ClFN4/c16-13-2-1-3-14(17)12(13)9-19-11-4-5-15(20-8-11)21-7-6-18-10-21/h1-8,10,19H,9H2. The van der Waals surface area contributed by atoms with Gasteiger partial charge in [-0.1, -0.05) is 17.7 Å². The van der Waals surface area contributed by atoms with Gasteiger partial charge in [0.1, 0.15) is 18.0 Å². The number of halogens is 2. The van der Waals surface area contributed by atoms with E-state index in [1.54, 1.807) is 35.4 Å². The fourth-order valence-corrected chi connectivity index (χ4v) is 2.16. The predicted octanol–water partition coefficient (Wildman–Crippen LogP) is 3.67. The van der Waals surface area contributed by atoms with Gasteiger partial charge in [-0.15, -0.1) is 0 Å². The van der Waals surface area contributed by atoms with Crippen LogP contribution in [0.2, 0.25) is 5.02 Å². The van der Waals surface area contributed by atoms with Gasteiger partial charge in [-0.25, -0.2) is 14.4 Å². The first-order chi connectivity index (χ1) is 10.2. The molecule has 1 aromatic carbocycles. The summed E-state index contributed by atoms with van der Waals surface area (Å²) in [6.07, 6.45) is 6.86. The van der Waals surface area contributed by atoms with Crippen molar-refractivity contribution in [3.05, 3.63) is 71.7 Å². The van der Waals surface area contributed by atoms with Gasteiger partial charge in [0.25, 0.3) is 0 Å². The molecule has 0 fully saturated rings. The summed E-state index contributed by atoms with van der Waals surface area (Å²) in [6, 6.07) is 8.37. The summed E-state index contributed by atoms with van der Waals surface area (Å²) in [5.41, 5.74) is 1.23. The summed E-state index contributed by atoms with van der Waals surface area (Å²) in [5.74, 6) is 0.444. The Kier molecular flexibility index (Phi) is 3.83. The average molecular weight is 303 g/mol. The van der Waals surface area contributed by atoms with Crippen molar-refractivity contribution in [2.45, 2.75) is 6.54 Å². The second kappa shape index (κ2) is 5.93. The van der Waals surface area contributed by atoms with Crippen LogP contribution < -0.4 is 5.32 Å². The molecule has 0 aliphatic carbocycles. The van der Waals surface area contributed by atoms with Crippen molar-refractivity contribution in [1.82, 2.24) is 14.5 Å². The van der Waals surface area contributed by atoms with Crippen molar-refractivity contribution < 1.29 is 4.39 Å². The molecule has 0 spiro atoms. The molecule has 0 amide bonds.